The van der Waals surface area contributed by atoms with Gasteiger partial charge in [-0.1, -0.05) is 48.0 Å². The molecule has 1 saturated carbocycles. The number of fused-ring (bicyclic) bond motifs is 1. The third kappa shape index (κ3) is 6.22. The van der Waals surface area contributed by atoms with Gasteiger partial charge in [-0.3, -0.25) is 9.99 Å². The molecule has 2 atom stereocenters. The molecule has 1 fully saturated rings. The van der Waals surface area contributed by atoms with E-state index in [0.29, 0.717) is 29.4 Å². The van der Waals surface area contributed by atoms with Gasteiger partial charge in [0.15, 0.2) is 5.54 Å². The molecule has 2 aromatic heterocycles. The second kappa shape index (κ2) is 12.6. The Labute approximate surface area is 275 Å². The van der Waals surface area contributed by atoms with Crippen LogP contribution in [0.2, 0.25) is 5.02 Å². The van der Waals surface area contributed by atoms with Crippen molar-refractivity contribution in [2.75, 3.05) is 10.6 Å². The number of nitrogens with zero attached hydrogens (tertiary/aromatic N) is 4. The van der Waals surface area contributed by atoms with Gasteiger partial charge in [-0.2, -0.15) is 22.8 Å². The Hall–Kier alpha value is -5.04. The molecule has 4 N–H and O–H groups in total. The molecule has 0 bridgehead atoms. The SMILES string of the molecule is [2H][C@@](Nc1cc(Cl)c2ncc(C#N)c(N[C@H](CCC#C)c3ccccc3)c2c1)(C1=CN(C2(C(F)(F)F)CC2)NN1)c1ccc(F)nc1C. The third-order valence-electron chi connectivity index (χ3n) is 8.28. The lowest BCUT2D eigenvalue weighted by Gasteiger charge is -2.28. The van der Waals surface area contributed by atoms with Crippen molar-refractivity contribution in [3.8, 4) is 18.4 Å². The number of hydrazine groups is 2. The van der Waals surface area contributed by atoms with Crippen LogP contribution >= 0.6 is 11.6 Å². The minimum Gasteiger partial charge on any atom is -0.377 e. The first kappa shape index (κ1) is 30.6. The Morgan fingerprint density at radius 3 is 2.62 bits per heavy atom. The molecule has 47 heavy (non-hydrogen) atoms. The molecule has 0 amide bonds. The molecular weight excluding hydrogens is 632 g/mol. The first-order valence-electron chi connectivity index (χ1n) is 15.2. The van der Waals surface area contributed by atoms with Crippen molar-refractivity contribution in [3.63, 3.8) is 0 Å². The predicted molar refractivity (Wildman–Crippen MR) is 172 cm³/mol. The Kier molecular flexibility index (Phi) is 8.22. The standard InChI is InChI=1S/C34H29ClF4N8/c1-3-4-10-27(21-8-6-5-7-9-21)44-30-22(17-40)18-41-31-25(30)15-23(16-26(31)35)43-32(24-11-12-29(36)42-20(24)2)28-19-47(46-45-28)33(13-14-33)34(37,38)39/h1,5-9,11-12,15-16,18-19,27,32,43,45-46H,4,10,13-14H2,2H3,(H,41,44)/t27-,32+/m1/s1/i32D. The molecule has 0 radical (unpaired) electrons. The summed E-state index contributed by atoms with van der Waals surface area (Å²) in [5, 5.41) is 18.2. The van der Waals surface area contributed by atoms with Crippen LogP contribution in [-0.2, 0) is 0 Å². The number of terminal acetylenes is 1. The van der Waals surface area contributed by atoms with Crippen LogP contribution in [0.15, 0.2) is 72.7 Å². The number of pyridine rings is 2. The van der Waals surface area contributed by atoms with E-state index in [2.05, 4.69) is 43.6 Å². The van der Waals surface area contributed by atoms with Gasteiger partial charge in [-0.05, 0) is 49.9 Å². The van der Waals surface area contributed by atoms with Crippen LogP contribution in [0.1, 0.15) is 61.5 Å². The van der Waals surface area contributed by atoms with Crippen LogP contribution < -0.4 is 21.6 Å². The van der Waals surface area contributed by atoms with Gasteiger partial charge in [-0.15, -0.1) is 17.9 Å². The predicted octanol–water partition coefficient (Wildman–Crippen LogP) is 7.58. The fraction of sp³-hybridized carbons (Fsp3) is 0.265. The molecule has 4 aromatic rings. The average molecular weight is 662 g/mol. The first-order chi connectivity index (χ1) is 22.9. The van der Waals surface area contributed by atoms with E-state index >= 15 is 0 Å². The smallest absolute Gasteiger partial charge is 0.377 e. The highest BCUT2D eigenvalue weighted by molar-refractivity contribution is 6.35. The molecule has 3 heterocycles. The molecule has 1 aliphatic heterocycles. The fourth-order valence-corrected chi connectivity index (χ4v) is 5.92. The van der Waals surface area contributed by atoms with Gasteiger partial charge in [0.2, 0.25) is 5.95 Å². The maximum absolute atomic E-state index is 14.1. The Bertz CT molecular complexity index is 1990. The zero-order valence-electron chi connectivity index (χ0n) is 26.0. The van der Waals surface area contributed by atoms with E-state index in [1.54, 1.807) is 6.07 Å². The summed E-state index contributed by atoms with van der Waals surface area (Å²) in [4.78, 5) is 8.29. The molecule has 0 spiro atoms. The molecule has 0 saturated heterocycles. The van der Waals surface area contributed by atoms with E-state index in [4.69, 9.17) is 18.0 Å². The Morgan fingerprint density at radius 2 is 1.96 bits per heavy atom. The summed E-state index contributed by atoms with van der Waals surface area (Å²) >= 11 is 6.76. The average Bonchev–Trinajstić information content (AvgIpc) is 3.73. The molecular formula is C34H29ClF4N8. The van der Waals surface area contributed by atoms with Crippen LogP contribution in [0.25, 0.3) is 10.9 Å². The number of benzene rings is 2. The minimum absolute atomic E-state index is 0.00794. The number of rotatable bonds is 10. The number of halogens is 5. The van der Waals surface area contributed by atoms with Crippen molar-refractivity contribution >= 4 is 33.9 Å². The van der Waals surface area contributed by atoms with E-state index in [-0.39, 0.29) is 52.1 Å². The topological polar surface area (TPSA) is 101 Å². The highest BCUT2D eigenvalue weighted by Gasteiger charge is 2.67. The maximum Gasteiger partial charge on any atom is 0.413 e. The van der Waals surface area contributed by atoms with E-state index in [1.807, 2.05) is 30.3 Å². The summed E-state index contributed by atoms with van der Waals surface area (Å²) in [5.41, 5.74) is 5.68. The minimum atomic E-state index is -4.53. The number of aryl methyl sites for hydroxylation is 1. The summed E-state index contributed by atoms with van der Waals surface area (Å²) in [6, 6.07) is 15.0. The largest absolute Gasteiger partial charge is 0.413 e. The molecule has 2 aromatic carbocycles. The molecule has 6 rings (SSSR count). The molecule has 0 unspecified atom stereocenters. The van der Waals surface area contributed by atoms with Gasteiger partial charge in [0, 0.05) is 41.1 Å². The van der Waals surface area contributed by atoms with Crippen molar-refractivity contribution in [3.05, 3.63) is 106 Å². The lowest BCUT2D eigenvalue weighted by Crippen LogP contribution is -2.52. The lowest BCUT2D eigenvalue weighted by atomic mass is 9.99. The van der Waals surface area contributed by atoms with Crippen LogP contribution in [0.4, 0.5) is 28.9 Å². The zero-order valence-corrected chi connectivity index (χ0v) is 25.8. The number of hydrogen-bond acceptors (Lipinski definition) is 8. The number of alkyl halides is 3. The van der Waals surface area contributed by atoms with Gasteiger partial charge in [0.1, 0.15) is 6.07 Å². The van der Waals surface area contributed by atoms with Crippen molar-refractivity contribution in [2.24, 2.45) is 0 Å². The van der Waals surface area contributed by atoms with E-state index < -0.39 is 23.7 Å². The van der Waals surface area contributed by atoms with Gasteiger partial charge in [0.05, 0.1) is 40.9 Å². The highest BCUT2D eigenvalue weighted by atomic mass is 35.5. The van der Waals surface area contributed by atoms with E-state index in [9.17, 15) is 24.2 Å². The first-order valence-corrected chi connectivity index (χ1v) is 15.1. The molecule has 1 aliphatic carbocycles. The van der Waals surface area contributed by atoms with Gasteiger partial charge < -0.3 is 16.1 Å². The van der Waals surface area contributed by atoms with Crippen LogP contribution in [0, 0.1) is 36.5 Å². The normalized spacial score (nSPS) is 17.4. The number of nitrogens with one attached hydrogen (secondary N) is 4. The third-order valence-corrected chi connectivity index (χ3v) is 8.57. The van der Waals surface area contributed by atoms with Crippen LogP contribution in [0.3, 0.4) is 0 Å². The zero-order chi connectivity index (χ0) is 34.3. The van der Waals surface area contributed by atoms with E-state index in [1.165, 1.54) is 31.5 Å². The van der Waals surface area contributed by atoms with Gasteiger partial charge >= 0.3 is 6.18 Å². The number of nitriles is 1. The Balaban J connectivity index is 1.46. The number of hydrogen-bond donors (Lipinski definition) is 4. The van der Waals surface area contributed by atoms with Crippen LogP contribution in [-0.4, -0.2) is 26.7 Å². The van der Waals surface area contributed by atoms with Crippen molar-refractivity contribution in [1.29, 1.82) is 5.26 Å². The monoisotopic (exact) mass is 661 g/mol. The molecule has 8 nitrogen and oxygen atoms in total. The van der Waals surface area contributed by atoms with Crippen molar-refractivity contribution in [1.82, 2.24) is 25.9 Å². The summed E-state index contributed by atoms with van der Waals surface area (Å²) in [6.07, 6.45) is 4.42. The van der Waals surface area contributed by atoms with Crippen molar-refractivity contribution in [2.45, 2.75) is 56.4 Å². The molecule has 240 valence electrons. The maximum atomic E-state index is 14.1. The fourth-order valence-electron chi connectivity index (χ4n) is 5.65. The summed E-state index contributed by atoms with van der Waals surface area (Å²) in [5.74, 6) is 1.88. The summed E-state index contributed by atoms with van der Waals surface area (Å²) in [6.45, 7) is 1.50. The van der Waals surface area contributed by atoms with Crippen molar-refractivity contribution < 1.29 is 18.9 Å². The van der Waals surface area contributed by atoms with Crippen LogP contribution in [0.5, 0.6) is 0 Å². The summed E-state index contributed by atoms with van der Waals surface area (Å²) in [7, 11) is 0. The highest BCUT2D eigenvalue weighted by Crippen LogP contribution is 2.54. The second-order valence-electron chi connectivity index (χ2n) is 11.3. The molecule has 2 aliphatic rings. The molecule has 13 heteroatoms. The number of aromatic nitrogens is 2. The summed E-state index contributed by atoms with van der Waals surface area (Å²) < 4.78 is 65.8. The second-order valence-corrected chi connectivity index (χ2v) is 11.7. The lowest BCUT2D eigenvalue weighted by molar-refractivity contribution is -0.195. The quantitative estimate of drug-likeness (QED) is 0.0784. The van der Waals surface area contributed by atoms with Gasteiger partial charge in [0.25, 0.3) is 0 Å². The van der Waals surface area contributed by atoms with E-state index in [0.717, 1.165) is 16.6 Å². The number of anilines is 2. The van der Waals surface area contributed by atoms with Gasteiger partial charge in [-0.25, -0.2) is 4.98 Å². The Morgan fingerprint density at radius 1 is 1.19 bits per heavy atom.